The number of aromatic nitrogens is 3. The molecule has 1 aromatic carbocycles. The number of rotatable bonds is 2. The van der Waals surface area contributed by atoms with Gasteiger partial charge < -0.3 is 10.5 Å². The van der Waals surface area contributed by atoms with Gasteiger partial charge in [-0.1, -0.05) is 6.07 Å². The lowest BCUT2D eigenvalue weighted by Gasteiger charge is -2.06. The highest BCUT2D eigenvalue weighted by Crippen LogP contribution is 2.28. The Labute approximate surface area is 87.3 Å². The molecular formula is C10H12N4O. The van der Waals surface area contributed by atoms with Crippen LogP contribution in [0.25, 0.3) is 11.4 Å². The van der Waals surface area contributed by atoms with E-state index in [4.69, 9.17) is 10.5 Å². The third-order valence-corrected chi connectivity index (χ3v) is 2.11. The maximum atomic E-state index is 5.44. The summed E-state index contributed by atoms with van der Waals surface area (Å²) in [5, 5.41) is 6.53. The van der Waals surface area contributed by atoms with Crippen LogP contribution in [-0.2, 0) is 0 Å². The molecule has 1 aromatic heterocycles. The third kappa shape index (κ3) is 1.76. The molecule has 0 atom stereocenters. The van der Waals surface area contributed by atoms with Crippen LogP contribution in [0, 0.1) is 6.92 Å². The number of nitrogens with two attached hydrogens (primary N) is 1. The fraction of sp³-hybridized carbons (Fsp3) is 0.200. The van der Waals surface area contributed by atoms with Crippen LogP contribution in [0.1, 0.15) is 5.56 Å². The molecule has 0 spiro atoms. The summed E-state index contributed by atoms with van der Waals surface area (Å²) in [7, 11) is 1.62. The van der Waals surface area contributed by atoms with E-state index >= 15 is 0 Å². The van der Waals surface area contributed by atoms with Gasteiger partial charge in [-0.3, -0.25) is 5.10 Å². The van der Waals surface area contributed by atoms with Crippen molar-refractivity contribution >= 4 is 5.95 Å². The van der Waals surface area contributed by atoms with Gasteiger partial charge in [-0.25, -0.2) is 0 Å². The van der Waals surface area contributed by atoms with E-state index in [1.54, 1.807) is 7.11 Å². The quantitative estimate of drug-likeness (QED) is 0.774. The molecule has 5 heteroatoms. The first-order chi connectivity index (χ1) is 7.20. The largest absolute Gasteiger partial charge is 0.496 e. The topological polar surface area (TPSA) is 76.8 Å². The summed E-state index contributed by atoms with van der Waals surface area (Å²) in [5.74, 6) is 1.60. The fourth-order valence-corrected chi connectivity index (χ4v) is 1.39. The van der Waals surface area contributed by atoms with Crippen LogP contribution in [0.2, 0.25) is 0 Å². The van der Waals surface area contributed by atoms with E-state index in [-0.39, 0.29) is 5.95 Å². The lowest BCUT2D eigenvalue weighted by Crippen LogP contribution is -1.90. The number of H-pyrrole nitrogens is 1. The van der Waals surface area contributed by atoms with Gasteiger partial charge in [0, 0.05) is 0 Å². The lowest BCUT2D eigenvalue weighted by molar-refractivity contribution is 0.416. The first-order valence-corrected chi connectivity index (χ1v) is 4.53. The average molecular weight is 204 g/mol. The molecule has 0 fully saturated rings. The predicted molar refractivity (Wildman–Crippen MR) is 57.5 cm³/mol. The minimum absolute atomic E-state index is 0.229. The summed E-state index contributed by atoms with van der Waals surface area (Å²) in [5.41, 5.74) is 7.42. The van der Waals surface area contributed by atoms with Crippen LogP contribution < -0.4 is 10.5 Å². The van der Waals surface area contributed by atoms with Gasteiger partial charge >= 0.3 is 0 Å². The zero-order valence-electron chi connectivity index (χ0n) is 8.61. The van der Waals surface area contributed by atoms with E-state index in [2.05, 4.69) is 15.2 Å². The van der Waals surface area contributed by atoms with Crippen LogP contribution in [0.4, 0.5) is 5.95 Å². The number of anilines is 1. The number of aromatic amines is 1. The molecule has 15 heavy (non-hydrogen) atoms. The van der Waals surface area contributed by atoms with Crippen molar-refractivity contribution in [3.63, 3.8) is 0 Å². The molecule has 3 N–H and O–H groups in total. The van der Waals surface area contributed by atoms with Crippen LogP contribution >= 0.6 is 0 Å². The van der Waals surface area contributed by atoms with Gasteiger partial charge in [0.1, 0.15) is 5.75 Å². The van der Waals surface area contributed by atoms with E-state index in [9.17, 15) is 0 Å². The van der Waals surface area contributed by atoms with Crippen molar-refractivity contribution < 1.29 is 4.74 Å². The van der Waals surface area contributed by atoms with Gasteiger partial charge in [-0.05, 0) is 24.6 Å². The lowest BCUT2D eigenvalue weighted by atomic mass is 10.1. The van der Waals surface area contributed by atoms with Gasteiger partial charge in [0.25, 0.3) is 0 Å². The zero-order valence-corrected chi connectivity index (χ0v) is 8.61. The van der Waals surface area contributed by atoms with Crippen molar-refractivity contribution in [2.24, 2.45) is 0 Å². The Morgan fingerprint density at radius 1 is 1.40 bits per heavy atom. The average Bonchev–Trinajstić information content (AvgIpc) is 2.64. The zero-order chi connectivity index (χ0) is 10.8. The van der Waals surface area contributed by atoms with Gasteiger partial charge in [-0.15, -0.1) is 5.10 Å². The van der Waals surface area contributed by atoms with Crippen LogP contribution in [0.5, 0.6) is 5.75 Å². The van der Waals surface area contributed by atoms with Crippen molar-refractivity contribution in [3.8, 4) is 17.1 Å². The Morgan fingerprint density at radius 2 is 2.20 bits per heavy atom. The summed E-state index contributed by atoms with van der Waals surface area (Å²) in [6, 6.07) is 5.85. The molecule has 0 saturated carbocycles. The summed E-state index contributed by atoms with van der Waals surface area (Å²) in [6.45, 7) is 2.00. The Kier molecular flexibility index (Phi) is 2.29. The molecule has 0 unspecified atom stereocenters. The van der Waals surface area contributed by atoms with E-state index < -0.39 is 0 Å². The number of aryl methyl sites for hydroxylation is 1. The van der Waals surface area contributed by atoms with E-state index in [1.807, 2.05) is 25.1 Å². The minimum atomic E-state index is 0.229. The van der Waals surface area contributed by atoms with Gasteiger partial charge in [0.2, 0.25) is 5.95 Å². The number of hydrogen-bond acceptors (Lipinski definition) is 4. The molecule has 2 aromatic rings. The Balaban J connectivity index is 2.52. The highest BCUT2D eigenvalue weighted by Gasteiger charge is 2.09. The number of nitrogen functional groups attached to an aromatic ring is 1. The second kappa shape index (κ2) is 3.61. The summed E-state index contributed by atoms with van der Waals surface area (Å²) >= 11 is 0. The standard InChI is InChI=1S/C10H12N4O/c1-6-3-4-7(8(5-6)15-2)9-12-10(11)14-13-9/h3-5H,1-2H3,(H3,11,12,13,14). The highest BCUT2D eigenvalue weighted by molar-refractivity contribution is 5.65. The van der Waals surface area contributed by atoms with Crippen molar-refractivity contribution in [1.29, 1.82) is 0 Å². The van der Waals surface area contributed by atoms with Crippen LogP contribution in [0.3, 0.4) is 0 Å². The van der Waals surface area contributed by atoms with Crippen molar-refractivity contribution in [1.82, 2.24) is 15.2 Å². The number of hydrogen-bond donors (Lipinski definition) is 2. The first-order valence-electron chi connectivity index (χ1n) is 4.53. The van der Waals surface area contributed by atoms with Crippen molar-refractivity contribution in [2.75, 3.05) is 12.8 Å². The molecule has 2 rings (SSSR count). The maximum absolute atomic E-state index is 5.44. The monoisotopic (exact) mass is 204 g/mol. The molecular weight excluding hydrogens is 192 g/mol. The molecule has 1 heterocycles. The Morgan fingerprint density at radius 3 is 2.80 bits per heavy atom. The Hall–Kier alpha value is -2.04. The number of benzene rings is 1. The minimum Gasteiger partial charge on any atom is -0.496 e. The predicted octanol–water partition coefficient (Wildman–Crippen LogP) is 1.37. The smallest absolute Gasteiger partial charge is 0.239 e. The molecule has 0 aliphatic rings. The number of nitrogens with one attached hydrogen (secondary N) is 1. The SMILES string of the molecule is COc1cc(C)ccc1-c1nc(N)n[nH]1. The van der Waals surface area contributed by atoms with Crippen molar-refractivity contribution in [2.45, 2.75) is 6.92 Å². The fourth-order valence-electron chi connectivity index (χ4n) is 1.39. The summed E-state index contributed by atoms with van der Waals surface area (Å²) in [4.78, 5) is 4.05. The maximum Gasteiger partial charge on any atom is 0.239 e. The second-order valence-corrected chi connectivity index (χ2v) is 3.25. The molecule has 0 radical (unpaired) electrons. The molecule has 0 aliphatic carbocycles. The van der Waals surface area contributed by atoms with E-state index in [0.717, 1.165) is 16.9 Å². The number of nitrogens with zero attached hydrogens (tertiary/aromatic N) is 2. The van der Waals surface area contributed by atoms with Gasteiger partial charge in [0.05, 0.1) is 12.7 Å². The molecule has 0 saturated heterocycles. The van der Waals surface area contributed by atoms with E-state index in [0.29, 0.717) is 5.82 Å². The number of methoxy groups -OCH3 is 1. The first kappa shape index (κ1) is 9.51. The van der Waals surface area contributed by atoms with Gasteiger partial charge in [0.15, 0.2) is 5.82 Å². The van der Waals surface area contributed by atoms with Gasteiger partial charge in [-0.2, -0.15) is 4.98 Å². The highest BCUT2D eigenvalue weighted by atomic mass is 16.5. The molecule has 5 nitrogen and oxygen atoms in total. The van der Waals surface area contributed by atoms with E-state index in [1.165, 1.54) is 0 Å². The summed E-state index contributed by atoms with van der Waals surface area (Å²) < 4.78 is 5.26. The molecule has 78 valence electrons. The molecule has 0 aliphatic heterocycles. The normalized spacial score (nSPS) is 10.3. The molecule has 0 amide bonds. The van der Waals surface area contributed by atoms with Crippen LogP contribution in [0.15, 0.2) is 18.2 Å². The Bertz CT molecular complexity index is 478. The summed E-state index contributed by atoms with van der Waals surface area (Å²) in [6.07, 6.45) is 0. The second-order valence-electron chi connectivity index (χ2n) is 3.25. The number of ether oxygens (including phenoxy) is 1. The van der Waals surface area contributed by atoms with Crippen molar-refractivity contribution in [3.05, 3.63) is 23.8 Å². The molecule has 0 bridgehead atoms. The van der Waals surface area contributed by atoms with Crippen LogP contribution in [-0.4, -0.2) is 22.3 Å². The third-order valence-electron chi connectivity index (χ3n) is 2.11.